The minimum absolute atomic E-state index is 0.0182. The van der Waals surface area contributed by atoms with E-state index in [0.29, 0.717) is 10.9 Å². The molecule has 0 bridgehead atoms. The summed E-state index contributed by atoms with van der Waals surface area (Å²) in [5, 5.41) is 4.41. The van der Waals surface area contributed by atoms with E-state index in [2.05, 4.69) is 15.1 Å². The molecule has 6 nitrogen and oxygen atoms in total. The first-order valence-electron chi connectivity index (χ1n) is 6.91. The lowest BCUT2D eigenvalue weighted by Crippen LogP contribution is -2.26. The number of hydrogen-bond acceptors (Lipinski definition) is 4. The molecule has 0 saturated carbocycles. The number of benzene rings is 2. The zero-order chi connectivity index (χ0) is 16.8. The molecule has 8 heteroatoms. The number of aromatic nitrogens is 4. The summed E-state index contributed by atoms with van der Waals surface area (Å²) < 4.78 is 27.3. The number of halogens is 2. The molecule has 1 N–H and O–H groups in total. The van der Waals surface area contributed by atoms with Crippen molar-refractivity contribution < 1.29 is 8.78 Å². The van der Waals surface area contributed by atoms with Gasteiger partial charge in [-0.15, -0.1) is 0 Å². The molecule has 2 aromatic heterocycles. The van der Waals surface area contributed by atoms with Crippen LogP contribution < -0.4 is 11.2 Å². The number of aromatic amines is 1. The Bertz CT molecular complexity index is 1210. The Labute approximate surface area is 132 Å². The molecule has 24 heavy (non-hydrogen) atoms. The Balaban J connectivity index is 2.09. The summed E-state index contributed by atoms with van der Waals surface area (Å²) in [6.07, 6.45) is 0. The largest absolute Gasteiger partial charge is 0.348 e. The van der Waals surface area contributed by atoms with Crippen LogP contribution in [-0.2, 0) is 0 Å². The van der Waals surface area contributed by atoms with Gasteiger partial charge in [0.15, 0.2) is 11.3 Å². The molecule has 0 amide bonds. The number of nitrogens with zero attached hydrogens (tertiary/aromatic N) is 3. The van der Waals surface area contributed by atoms with Crippen LogP contribution in [0.2, 0.25) is 0 Å². The molecule has 0 aliphatic heterocycles. The monoisotopic (exact) mass is 326 g/mol. The van der Waals surface area contributed by atoms with E-state index in [1.54, 1.807) is 0 Å². The van der Waals surface area contributed by atoms with Gasteiger partial charge in [0.25, 0.3) is 5.56 Å². The summed E-state index contributed by atoms with van der Waals surface area (Å²) in [5.74, 6) is -0.987. The van der Waals surface area contributed by atoms with E-state index in [9.17, 15) is 18.4 Å². The van der Waals surface area contributed by atoms with Crippen LogP contribution in [0.5, 0.6) is 0 Å². The highest BCUT2D eigenvalue weighted by atomic mass is 19.1. The average molecular weight is 326 g/mol. The highest BCUT2D eigenvalue weighted by Crippen LogP contribution is 2.17. The second-order valence-electron chi connectivity index (χ2n) is 5.13. The molecule has 4 rings (SSSR count). The van der Waals surface area contributed by atoms with Crippen LogP contribution in [0, 0.1) is 11.6 Å². The van der Waals surface area contributed by atoms with Gasteiger partial charge in [0.1, 0.15) is 11.6 Å². The quantitative estimate of drug-likeness (QED) is 0.542. The molecule has 118 valence electrons. The third kappa shape index (κ3) is 2.16. The zero-order valence-electron chi connectivity index (χ0n) is 12.0. The van der Waals surface area contributed by atoms with E-state index in [0.717, 1.165) is 10.6 Å². The van der Waals surface area contributed by atoms with E-state index >= 15 is 0 Å². The van der Waals surface area contributed by atoms with Crippen LogP contribution in [0.25, 0.3) is 27.8 Å². The lowest BCUT2D eigenvalue weighted by molar-refractivity contribution is 0.627. The summed E-state index contributed by atoms with van der Waals surface area (Å²) in [6.45, 7) is 0. The summed E-state index contributed by atoms with van der Waals surface area (Å²) in [6, 6.07) is 8.84. The van der Waals surface area contributed by atoms with E-state index in [-0.39, 0.29) is 16.9 Å². The van der Waals surface area contributed by atoms with Crippen LogP contribution in [0.4, 0.5) is 8.78 Å². The van der Waals surface area contributed by atoms with E-state index in [4.69, 9.17) is 0 Å². The maximum atomic E-state index is 13.3. The van der Waals surface area contributed by atoms with Crippen molar-refractivity contribution in [3.05, 3.63) is 74.9 Å². The van der Waals surface area contributed by atoms with Gasteiger partial charge in [-0.1, -0.05) is 0 Å². The fourth-order valence-corrected chi connectivity index (χ4v) is 2.47. The highest BCUT2D eigenvalue weighted by molar-refractivity contribution is 5.90. The lowest BCUT2D eigenvalue weighted by atomic mass is 10.1. The molecule has 0 saturated heterocycles. The van der Waals surface area contributed by atoms with Crippen molar-refractivity contribution >= 4 is 16.6 Å². The van der Waals surface area contributed by atoms with E-state index in [1.807, 2.05) is 0 Å². The first-order chi connectivity index (χ1) is 11.5. The minimum Gasteiger partial charge on any atom is -0.305 e. The third-order valence-electron chi connectivity index (χ3n) is 3.58. The fourth-order valence-electron chi connectivity index (χ4n) is 2.47. The van der Waals surface area contributed by atoms with Gasteiger partial charge < -0.3 is 4.98 Å². The molecule has 2 heterocycles. The summed E-state index contributed by atoms with van der Waals surface area (Å²) in [7, 11) is 0. The lowest BCUT2D eigenvalue weighted by Gasteiger charge is -2.06. The van der Waals surface area contributed by atoms with Gasteiger partial charge in [-0.3, -0.25) is 4.79 Å². The van der Waals surface area contributed by atoms with Crippen molar-refractivity contribution in [3.8, 4) is 11.3 Å². The van der Waals surface area contributed by atoms with Crippen LogP contribution in [-0.4, -0.2) is 19.6 Å². The minimum atomic E-state index is -0.669. The molecular weight excluding hydrogens is 318 g/mol. The number of rotatable bonds is 1. The second kappa shape index (κ2) is 5.05. The SMILES string of the molecule is O=c1nc2c3ccc(F)cc3[nH]c(=O)n2nc1-c1ccc(F)cc1. The van der Waals surface area contributed by atoms with Crippen molar-refractivity contribution in [1.82, 2.24) is 19.6 Å². The number of H-pyrrole nitrogens is 1. The van der Waals surface area contributed by atoms with Crippen LogP contribution >= 0.6 is 0 Å². The Morgan fingerprint density at radius 3 is 2.42 bits per heavy atom. The normalized spacial score (nSPS) is 11.2. The predicted molar refractivity (Wildman–Crippen MR) is 82.7 cm³/mol. The van der Waals surface area contributed by atoms with Gasteiger partial charge in [-0.2, -0.15) is 14.6 Å². The zero-order valence-corrected chi connectivity index (χ0v) is 12.0. The van der Waals surface area contributed by atoms with Gasteiger partial charge in [0, 0.05) is 10.9 Å². The van der Waals surface area contributed by atoms with Gasteiger partial charge in [-0.05, 0) is 42.5 Å². The molecule has 0 aliphatic carbocycles. The molecule has 4 aromatic rings. The molecule has 0 unspecified atom stereocenters. The number of nitrogens with one attached hydrogen (secondary N) is 1. The number of fused-ring (bicyclic) bond motifs is 3. The van der Waals surface area contributed by atoms with Crippen LogP contribution in [0.3, 0.4) is 0 Å². The van der Waals surface area contributed by atoms with Gasteiger partial charge in [-0.25, -0.2) is 13.6 Å². The first-order valence-corrected chi connectivity index (χ1v) is 6.91. The molecule has 0 atom stereocenters. The van der Waals surface area contributed by atoms with Gasteiger partial charge >= 0.3 is 5.69 Å². The van der Waals surface area contributed by atoms with Crippen molar-refractivity contribution in [1.29, 1.82) is 0 Å². The average Bonchev–Trinajstić information content (AvgIpc) is 2.55. The second-order valence-corrected chi connectivity index (χ2v) is 5.13. The van der Waals surface area contributed by atoms with E-state index < -0.39 is 22.9 Å². The Morgan fingerprint density at radius 2 is 1.67 bits per heavy atom. The molecule has 0 radical (unpaired) electrons. The standard InChI is InChI=1S/C16H8F2N4O2/c17-9-3-1-8(2-4-9)13-15(23)20-14-11-6-5-10(18)7-12(11)19-16(24)22(14)21-13/h1-7H,(H,19,24). The first kappa shape index (κ1) is 14.2. The molecule has 2 aromatic carbocycles. The Kier molecular flexibility index (Phi) is 2.99. The maximum absolute atomic E-state index is 13.3. The third-order valence-corrected chi connectivity index (χ3v) is 3.58. The Morgan fingerprint density at radius 1 is 0.958 bits per heavy atom. The summed E-state index contributed by atoms with van der Waals surface area (Å²) in [5.41, 5.74) is -0.856. The smallest absolute Gasteiger partial charge is 0.305 e. The van der Waals surface area contributed by atoms with Crippen molar-refractivity contribution in [3.63, 3.8) is 0 Å². The van der Waals surface area contributed by atoms with Crippen LogP contribution in [0.1, 0.15) is 0 Å². The van der Waals surface area contributed by atoms with Crippen molar-refractivity contribution in [2.24, 2.45) is 0 Å². The molecule has 0 fully saturated rings. The number of hydrogen-bond donors (Lipinski definition) is 1. The van der Waals surface area contributed by atoms with Gasteiger partial charge in [0.05, 0.1) is 5.52 Å². The summed E-state index contributed by atoms with van der Waals surface area (Å²) >= 11 is 0. The maximum Gasteiger partial charge on any atom is 0.348 e. The molecule has 0 aliphatic rings. The van der Waals surface area contributed by atoms with Crippen molar-refractivity contribution in [2.45, 2.75) is 0 Å². The molecular formula is C16H8F2N4O2. The van der Waals surface area contributed by atoms with Gasteiger partial charge in [0.2, 0.25) is 0 Å². The summed E-state index contributed by atoms with van der Waals surface area (Å²) in [4.78, 5) is 30.8. The Hall–Kier alpha value is -3.42. The molecule has 0 spiro atoms. The topological polar surface area (TPSA) is 80.1 Å². The highest BCUT2D eigenvalue weighted by Gasteiger charge is 2.13. The predicted octanol–water partition coefficient (Wildman–Crippen LogP) is 1.88. The fraction of sp³-hybridized carbons (Fsp3) is 0. The van der Waals surface area contributed by atoms with Crippen molar-refractivity contribution in [2.75, 3.05) is 0 Å². The van der Waals surface area contributed by atoms with E-state index in [1.165, 1.54) is 36.4 Å². The van der Waals surface area contributed by atoms with Crippen LogP contribution in [0.15, 0.2) is 52.1 Å².